The Morgan fingerprint density at radius 1 is 1.58 bits per heavy atom. The Morgan fingerprint density at radius 2 is 2.33 bits per heavy atom. The molecule has 0 aromatic carbocycles. The molecule has 1 unspecified atom stereocenters. The maximum Gasteiger partial charge on any atom is 0.120 e. The molecule has 0 amide bonds. The van der Waals surface area contributed by atoms with Crippen molar-refractivity contribution < 1.29 is 9.64 Å². The minimum Gasteiger partial charge on any atom is -0.365 e. The summed E-state index contributed by atoms with van der Waals surface area (Å²) in [5, 5.41) is 0. The summed E-state index contributed by atoms with van der Waals surface area (Å²) in [7, 11) is 0. The van der Waals surface area contributed by atoms with E-state index < -0.39 is 0 Å². The van der Waals surface area contributed by atoms with Crippen LogP contribution in [0, 0.1) is 5.92 Å². The minimum atomic E-state index is 0.286. The molecule has 2 nitrogen and oxygen atoms in total. The lowest BCUT2D eigenvalue weighted by molar-refractivity contribution is -0.914. The Bertz CT molecular complexity index is 130. The molecule has 1 rings (SSSR count). The summed E-state index contributed by atoms with van der Waals surface area (Å²) in [6, 6.07) is 0. The van der Waals surface area contributed by atoms with Crippen molar-refractivity contribution in [1.82, 2.24) is 0 Å². The molecule has 12 heavy (non-hydrogen) atoms. The van der Waals surface area contributed by atoms with E-state index in [0.717, 1.165) is 25.6 Å². The molecule has 0 saturated carbocycles. The smallest absolute Gasteiger partial charge is 0.120 e. The number of quaternary nitrogens is 1. The predicted octanol–water partition coefficient (Wildman–Crippen LogP) is 0.165. The van der Waals surface area contributed by atoms with Gasteiger partial charge in [-0.25, -0.2) is 0 Å². The maximum absolute atomic E-state index is 5.74. The molecule has 0 aliphatic carbocycles. The molecule has 1 aliphatic rings. The zero-order chi connectivity index (χ0) is 8.97. The van der Waals surface area contributed by atoms with E-state index in [0.29, 0.717) is 5.88 Å². The van der Waals surface area contributed by atoms with Crippen LogP contribution in [0.3, 0.4) is 0 Å². The summed E-state index contributed by atoms with van der Waals surface area (Å²) < 4.78 is 5.49. The van der Waals surface area contributed by atoms with Crippen molar-refractivity contribution in [3.05, 3.63) is 0 Å². The van der Waals surface area contributed by atoms with Gasteiger partial charge in [0.2, 0.25) is 0 Å². The molecule has 1 aliphatic heterocycles. The number of rotatable bonds is 3. The molecule has 1 saturated heterocycles. The minimum absolute atomic E-state index is 0.286. The Labute approximate surface area is 79.8 Å². The van der Waals surface area contributed by atoms with Crippen LogP contribution in [0.5, 0.6) is 0 Å². The normalized spacial score (nSPS) is 31.0. The van der Waals surface area contributed by atoms with Gasteiger partial charge in [-0.05, 0) is 0 Å². The zero-order valence-electron chi connectivity index (χ0n) is 7.98. The lowest BCUT2D eigenvalue weighted by Gasteiger charge is -2.30. The fourth-order valence-corrected chi connectivity index (χ4v) is 1.91. The van der Waals surface area contributed by atoms with Crippen molar-refractivity contribution in [2.24, 2.45) is 5.92 Å². The van der Waals surface area contributed by atoms with Gasteiger partial charge in [0.1, 0.15) is 19.2 Å². The van der Waals surface area contributed by atoms with Crippen LogP contribution in [0.15, 0.2) is 0 Å². The second-order valence-corrected chi connectivity index (χ2v) is 4.26. The second-order valence-electron chi connectivity index (χ2n) is 3.95. The molecular formula is C9H19ClNO+. The van der Waals surface area contributed by atoms with Crippen LogP contribution in [-0.2, 0) is 4.74 Å². The van der Waals surface area contributed by atoms with Gasteiger partial charge in [-0.3, -0.25) is 0 Å². The van der Waals surface area contributed by atoms with Gasteiger partial charge >= 0.3 is 0 Å². The third kappa shape index (κ3) is 3.30. The highest BCUT2D eigenvalue weighted by molar-refractivity contribution is 6.18. The van der Waals surface area contributed by atoms with E-state index in [9.17, 15) is 0 Å². The van der Waals surface area contributed by atoms with Crippen LogP contribution in [-0.4, -0.2) is 38.2 Å². The Kier molecular flexibility index (Phi) is 4.33. The molecule has 0 aromatic heterocycles. The highest BCUT2D eigenvalue weighted by Crippen LogP contribution is 1.96. The number of alkyl halides is 1. The van der Waals surface area contributed by atoms with Gasteiger partial charge in [0.25, 0.3) is 0 Å². The van der Waals surface area contributed by atoms with Crippen molar-refractivity contribution >= 4 is 11.6 Å². The van der Waals surface area contributed by atoms with Crippen LogP contribution in [0.1, 0.15) is 13.8 Å². The van der Waals surface area contributed by atoms with E-state index >= 15 is 0 Å². The summed E-state index contributed by atoms with van der Waals surface area (Å²) in [6.45, 7) is 8.87. The number of halogens is 1. The summed E-state index contributed by atoms with van der Waals surface area (Å²) in [4.78, 5) is 1.64. The lowest BCUT2D eigenvalue weighted by atomic mass is 10.2. The van der Waals surface area contributed by atoms with Gasteiger partial charge < -0.3 is 9.64 Å². The summed E-state index contributed by atoms with van der Waals surface area (Å²) in [5.74, 6) is 1.41. The van der Waals surface area contributed by atoms with Crippen LogP contribution in [0.25, 0.3) is 0 Å². The SMILES string of the molecule is CC(C)C[NH+]1CCO[C@H](CCl)C1. The number of hydrogen-bond acceptors (Lipinski definition) is 1. The first-order valence-corrected chi connectivity index (χ1v) is 5.27. The second kappa shape index (κ2) is 5.05. The van der Waals surface area contributed by atoms with Gasteiger partial charge in [0.05, 0.1) is 19.0 Å². The molecule has 0 radical (unpaired) electrons. The van der Waals surface area contributed by atoms with Crippen LogP contribution < -0.4 is 4.90 Å². The topological polar surface area (TPSA) is 13.7 Å². The highest BCUT2D eigenvalue weighted by Gasteiger charge is 2.22. The van der Waals surface area contributed by atoms with Crippen LogP contribution >= 0.6 is 11.6 Å². The quantitative estimate of drug-likeness (QED) is 0.630. The van der Waals surface area contributed by atoms with E-state index in [1.165, 1.54) is 6.54 Å². The van der Waals surface area contributed by atoms with Crippen LogP contribution in [0.2, 0.25) is 0 Å². The lowest BCUT2D eigenvalue weighted by Crippen LogP contribution is -3.15. The first-order valence-electron chi connectivity index (χ1n) is 4.73. The Balaban J connectivity index is 2.25. The van der Waals surface area contributed by atoms with Gasteiger partial charge in [-0.15, -0.1) is 11.6 Å². The fraction of sp³-hybridized carbons (Fsp3) is 1.00. The number of hydrogen-bond donors (Lipinski definition) is 1. The molecular weight excluding hydrogens is 174 g/mol. The monoisotopic (exact) mass is 192 g/mol. The molecule has 1 N–H and O–H groups in total. The van der Waals surface area contributed by atoms with E-state index in [-0.39, 0.29) is 6.10 Å². The molecule has 0 aromatic rings. The third-order valence-corrected chi connectivity index (χ3v) is 2.54. The Hall–Kier alpha value is 0.210. The average Bonchev–Trinajstić information content (AvgIpc) is 2.03. The molecule has 1 fully saturated rings. The number of ether oxygens (including phenoxy) is 1. The summed E-state index contributed by atoms with van der Waals surface area (Å²) >= 11 is 5.74. The van der Waals surface area contributed by atoms with Crippen molar-refractivity contribution in [2.75, 3.05) is 32.1 Å². The van der Waals surface area contributed by atoms with Crippen molar-refractivity contribution in [2.45, 2.75) is 20.0 Å². The standard InChI is InChI=1S/C9H18ClNO/c1-8(2)6-11-3-4-12-9(5-10)7-11/h8-9H,3-7H2,1-2H3/p+1/t9-/m1/s1. The van der Waals surface area contributed by atoms with Crippen LogP contribution in [0.4, 0.5) is 0 Å². The van der Waals surface area contributed by atoms with Crippen molar-refractivity contribution in [1.29, 1.82) is 0 Å². The molecule has 72 valence electrons. The van der Waals surface area contributed by atoms with E-state index in [1.54, 1.807) is 4.90 Å². The van der Waals surface area contributed by atoms with Gasteiger partial charge in [0.15, 0.2) is 0 Å². The summed E-state index contributed by atoms with van der Waals surface area (Å²) in [5.41, 5.74) is 0. The zero-order valence-corrected chi connectivity index (χ0v) is 8.73. The first kappa shape index (κ1) is 10.3. The molecule has 1 heterocycles. The molecule has 2 atom stereocenters. The van der Waals surface area contributed by atoms with Crippen molar-refractivity contribution in [3.63, 3.8) is 0 Å². The van der Waals surface area contributed by atoms with Gasteiger partial charge in [-0.1, -0.05) is 13.8 Å². The predicted molar refractivity (Wildman–Crippen MR) is 50.9 cm³/mol. The summed E-state index contributed by atoms with van der Waals surface area (Å²) in [6.07, 6.45) is 0.286. The van der Waals surface area contributed by atoms with E-state index in [4.69, 9.17) is 16.3 Å². The van der Waals surface area contributed by atoms with Crippen molar-refractivity contribution in [3.8, 4) is 0 Å². The third-order valence-electron chi connectivity index (χ3n) is 2.19. The number of morpholine rings is 1. The first-order chi connectivity index (χ1) is 5.72. The Morgan fingerprint density at radius 3 is 2.92 bits per heavy atom. The maximum atomic E-state index is 5.74. The molecule has 3 heteroatoms. The fourth-order valence-electron chi connectivity index (χ4n) is 1.71. The molecule has 0 bridgehead atoms. The average molecular weight is 193 g/mol. The van der Waals surface area contributed by atoms with Gasteiger partial charge in [0, 0.05) is 5.92 Å². The highest BCUT2D eigenvalue weighted by atomic mass is 35.5. The van der Waals surface area contributed by atoms with Gasteiger partial charge in [-0.2, -0.15) is 0 Å². The molecule has 0 spiro atoms. The number of nitrogens with one attached hydrogen (secondary N) is 1. The van der Waals surface area contributed by atoms with E-state index in [2.05, 4.69) is 13.8 Å². The largest absolute Gasteiger partial charge is 0.365 e. The van der Waals surface area contributed by atoms with E-state index in [1.807, 2.05) is 0 Å².